The summed E-state index contributed by atoms with van der Waals surface area (Å²) in [6.45, 7) is -0.903. The molecule has 13 nitrogen and oxygen atoms in total. The molecule has 2 amide bonds. The van der Waals surface area contributed by atoms with Crippen molar-refractivity contribution in [2.24, 2.45) is 5.29 Å². The molecule has 148 valence electrons. The minimum Gasteiger partial charge on any atom is -0.481 e. The van der Waals surface area contributed by atoms with Crippen LogP contribution >= 0.6 is 11.6 Å². The van der Waals surface area contributed by atoms with Gasteiger partial charge in [-0.1, -0.05) is 0 Å². The summed E-state index contributed by atoms with van der Waals surface area (Å²) in [7, 11) is 0. The molecular weight excluding hydrogens is 382 g/mol. The second kappa shape index (κ2) is 12.1. The van der Waals surface area contributed by atoms with Gasteiger partial charge in [0.1, 0.15) is 31.1 Å². The number of urea groups is 1. The SMILES string of the molecule is O=C[C@H](NC(=O)N(CCCl)N=O)[C@@H](O)[C@H](O)[C@H](O)C(=O)OCCC(=O)O. The number of aliphatic carboxylic acids is 1. The average Bonchev–Trinajstić information content (AvgIpc) is 2.61. The summed E-state index contributed by atoms with van der Waals surface area (Å²) in [4.78, 5) is 54.9. The number of nitroso groups, excluding NO2 is 1. The van der Waals surface area contributed by atoms with E-state index in [-0.39, 0.29) is 18.7 Å². The number of carboxylic acids is 1. The molecule has 0 saturated heterocycles. The van der Waals surface area contributed by atoms with E-state index < -0.39 is 55.4 Å². The van der Waals surface area contributed by atoms with E-state index in [2.05, 4.69) is 10.0 Å². The maximum absolute atomic E-state index is 11.7. The Bertz CT molecular complexity index is 519. The molecule has 0 bridgehead atoms. The van der Waals surface area contributed by atoms with Gasteiger partial charge in [-0.15, -0.1) is 16.5 Å². The third kappa shape index (κ3) is 7.69. The fourth-order valence-electron chi connectivity index (χ4n) is 1.54. The minimum atomic E-state index is -2.33. The zero-order valence-corrected chi connectivity index (χ0v) is 14.0. The van der Waals surface area contributed by atoms with Gasteiger partial charge >= 0.3 is 18.0 Å². The van der Waals surface area contributed by atoms with Crippen LogP contribution in [0.25, 0.3) is 0 Å². The van der Waals surface area contributed by atoms with E-state index >= 15 is 0 Å². The van der Waals surface area contributed by atoms with Crippen LogP contribution in [-0.2, 0) is 19.1 Å². The molecule has 0 saturated carbocycles. The summed E-state index contributed by atoms with van der Waals surface area (Å²) < 4.78 is 4.37. The lowest BCUT2D eigenvalue weighted by molar-refractivity contribution is -0.166. The molecule has 0 radical (unpaired) electrons. The predicted octanol–water partition coefficient (Wildman–Crippen LogP) is -2.41. The minimum absolute atomic E-state index is 0.0159. The number of alkyl halides is 1. The van der Waals surface area contributed by atoms with Crippen molar-refractivity contribution in [2.75, 3.05) is 19.0 Å². The first-order valence-electron chi connectivity index (χ1n) is 7.04. The molecule has 0 heterocycles. The first-order valence-corrected chi connectivity index (χ1v) is 7.58. The summed E-state index contributed by atoms with van der Waals surface area (Å²) >= 11 is 5.34. The van der Waals surface area contributed by atoms with Gasteiger partial charge in [0, 0.05) is 5.88 Å². The van der Waals surface area contributed by atoms with E-state index in [1.54, 1.807) is 0 Å². The van der Waals surface area contributed by atoms with Crippen molar-refractivity contribution in [3.63, 3.8) is 0 Å². The Hall–Kier alpha value is -2.35. The molecule has 0 aliphatic carbocycles. The Labute approximate surface area is 151 Å². The lowest BCUT2D eigenvalue weighted by Gasteiger charge is -2.26. The molecule has 14 heteroatoms. The zero-order chi connectivity index (χ0) is 20.3. The Morgan fingerprint density at radius 1 is 1.23 bits per heavy atom. The highest BCUT2D eigenvalue weighted by molar-refractivity contribution is 6.18. The van der Waals surface area contributed by atoms with Crippen LogP contribution in [0.4, 0.5) is 4.79 Å². The van der Waals surface area contributed by atoms with Crippen LogP contribution < -0.4 is 5.32 Å². The summed E-state index contributed by atoms with van der Waals surface area (Å²) in [5.74, 6) is -2.88. The topological polar surface area (TPSA) is 203 Å². The van der Waals surface area contributed by atoms with Gasteiger partial charge in [-0.25, -0.2) is 9.59 Å². The molecule has 5 N–H and O–H groups in total. The molecule has 0 rings (SSSR count). The van der Waals surface area contributed by atoms with Crippen molar-refractivity contribution in [2.45, 2.75) is 30.8 Å². The van der Waals surface area contributed by atoms with E-state index in [1.807, 2.05) is 5.32 Å². The number of hydrogen-bond donors (Lipinski definition) is 5. The van der Waals surface area contributed by atoms with Gasteiger partial charge in [0.15, 0.2) is 6.10 Å². The lowest BCUT2D eigenvalue weighted by Crippen LogP contribution is -2.56. The number of ether oxygens (including phenoxy) is 1. The molecule has 0 aliphatic rings. The smallest absolute Gasteiger partial charge is 0.341 e. The lowest BCUT2D eigenvalue weighted by atomic mass is 10.0. The molecule has 0 aromatic rings. The van der Waals surface area contributed by atoms with E-state index in [0.717, 1.165) is 0 Å². The number of amides is 2. The number of carbonyl (C=O) groups excluding carboxylic acids is 3. The van der Waals surface area contributed by atoms with Crippen LogP contribution in [0.5, 0.6) is 0 Å². The fraction of sp³-hybridized carbons (Fsp3) is 0.667. The van der Waals surface area contributed by atoms with Crippen molar-refractivity contribution < 1.29 is 44.3 Å². The highest BCUT2D eigenvalue weighted by Gasteiger charge is 2.37. The van der Waals surface area contributed by atoms with Gasteiger partial charge in [0.2, 0.25) is 0 Å². The summed E-state index contributed by atoms with van der Waals surface area (Å²) in [5, 5.41) is 42.0. The number of rotatable bonds is 12. The molecule has 0 spiro atoms. The molecule has 0 aliphatic heterocycles. The maximum atomic E-state index is 11.7. The second-order valence-corrected chi connectivity index (χ2v) is 5.12. The van der Waals surface area contributed by atoms with Crippen molar-refractivity contribution in [3.8, 4) is 0 Å². The number of nitrogens with zero attached hydrogens (tertiary/aromatic N) is 2. The summed E-state index contributed by atoms with van der Waals surface area (Å²) in [6.07, 6.45) is -7.34. The second-order valence-electron chi connectivity index (χ2n) is 4.74. The van der Waals surface area contributed by atoms with Crippen LogP contribution in [0, 0.1) is 4.91 Å². The highest BCUT2D eigenvalue weighted by Crippen LogP contribution is 2.07. The molecule has 4 atom stereocenters. The molecule has 0 unspecified atom stereocenters. The van der Waals surface area contributed by atoms with Gasteiger partial charge in [-0.3, -0.25) is 4.79 Å². The number of aldehydes is 1. The maximum Gasteiger partial charge on any atom is 0.341 e. The number of aliphatic hydroxyl groups excluding tert-OH is 3. The average molecular weight is 400 g/mol. The largest absolute Gasteiger partial charge is 0.481 e. The van der Waals surface area contributed by atoms with Crippen molar-refractivity contribution >= 4 is 35.9 Å². The number of halogens is 1. The number of aliphatic hydroxyl groups is 3. The molecule has 26 heavy (non-hydrogen) atoms. The highest BCUT2D eigenvalue weighted by atomic mass is 35.5. The Morgan fingerprint density at radius 3 is 2.31 bits per heavy atom. The predicted molar refractivity (Wildman–Crippen MR) is 82.8 cm³/mol. The van der Waals surface area contributed by atoms with Crippen molar-refractivity contribution in [3.05, 3.63) is 4.91 Å². The summed E-state index contributed by atoms with van der Waals surface area (Å²) in [6, 6.07) is -3.04. The van der Waals surface area contributed by atoms with Crippen LogP contribution in [0.2, 0.25) is 0 Å². The van der Waals surface area contributed by atoms with E-state index in [9.17, 15) is 39.4 Å². The zero-order valence-electron chi connectivity index (χ0n) is 13.2. The first-order chi connectivity index (χ1) is 12.2. The number of carbonyl (C=O) groups is 4. The van der Waals surface area contributed by atoms with Gasteiger partial charge in [0.25, 0.3) is 0 Å². The number of hydrogen-bond acceptors (Lipinski definition) is 10. The van der Waals surface area contributed by atoms with Crippen LogP contribution in [0.15, 0.2) is 5.29 Å². The van der Waals surface area contributed by atoms with Crippen LogP contribution in [0.1, 0.15) is 6.42 Å². The monoisotopic (exact) mass is 399 g/mol. The van der Waals surface area contributed by atoms with Crippen molar-refractivity contribution in [1.29, 1.82) is 0 Å². The molecule has 0 fully saturated rings. The van der Waals surface area contributed by atoms with Gasteiger partial charge in [-0.05, 0) is 0 Å². The van der Waals surface area contributed by atoms with Crippen LogP contribution in [-0.4, -0.2) is 93.1 Å². The first kappa shape index (κ1) is 23.6. The number of carboxylic acid groups (broad SMARTS) is 1. The van der Waals surface area contributed by atoms with E-state index in [1.165, 1.54) is 0 Å². The van der Waals surface area contributed by atoms with Gasteiger partial charge < -0.3 is 35.3 Å². The third-order valence-electron chi connectivity index (χ3n) is 2.91. The van der Waals surface area contributed by atoms with Gasteiger partial charge in [0.05, 0.1) is 18.3 Å². The molecule has 0 aromatic heterocycles. The van der Waals surface area contributed by atoms with E-state index in [0.29, 0.717) is 5.01 Å². The summed E-state index contributed by atoms with van der Waals surface area (Å²) in [5.41, 5.74) is 0. The van der Waals surface area contributed by atoms with Gasteiger partial charge in [-0.2, -0.15) is 5.01 Å². The quantitative estimate of drug-likeness (QED) is 0.0772. The van der Waals surface area contributed by atoms with Crippen LogP contribution in [0.3, 0.4) is 0 Å². The molecular formula is C12H18ClN3O10. The Morgan fingerprint density at radius 2 is 1.85 bits per heavy atom. The van der Waals surface area contributed by atoms with E-state index in [4.69, 9.17) is 16.7 Å². The normalized spacial score (nSPS) is 15.1. The Kier molecular flexibility index (Phi) is 11.0. The Balaban J connectivity index is 4.82. The standard InChI is InChI=1S/C12H18ClN3O10/c13-2-3-16(15-25)12(24)14-6(5-17)8(20)9(21)10(22)11(23)26-4-1-7(18)19/h5-6,8-10,20-22H,1-4H2,(H,14,24)(H,18,19)/t6-,8+,9-,10-/m0/s1. The van der Waals surface area contributed by atoms with Crippen molar-refractivity contribution in [1.82, 2.24) is 10.3 Å². The number of nitrogens with one attached hydrogen (secondary N) is 1. The molecule has 0 aromatic carbocycles. The fourth-order valence-corrected chi connectivity index (χ4v) is 1.70. The number of esters is 1. The third-order valence-corrected chi connectivity index (χ3v) is 3.08.